The van der Waals surface area contributed by atoms with Crippen molar-refractivity contribution >= 4 is 11.5 Å². The van der Waals surface area contributed by atoms with Gasteiger partial charge in [-0.1, -0.05) is 12.1 Å². The number of H-pyrrole nitrogens is 1. The van der Waals surface area contributed by atoms with Gasteiger partial charge in [0.25, 0.3) is 0 Å². The first kappa shape index (κ1) is 13.8. The predicted octanol–water partition coefficient (Wildman–Crippen LogP) is 2.07. The molecule has 0 amide bonds. The predicted molar refractivity (Wildman–Crippen MR) is 74.8 cm³/mol. The van der Waals surface area contributed by atoms with Crippen molar-refractivity contribution in [3.63, 3.8) is 0 Å². The Labute approximate surface area is 116 Å². The Balaban J connectivity index is 1.94. The van der Waals surface area contributed by atoms with E-state index in [4.69, 9.17) is 4.74 Å². The molecule has 0 fully saturated rings. The largest absolute Gasteiger partial charge is 0.497 e. The van der Waals surface area contributed by atoms with Crippen molar-refractivity contribution in [2.45, 2.75) is 6.42 Å². The lowest BCUT2D eigenvalue weighted by Crippen LogP contribution is -2.16. The number of pyridine rings is 1. The summed E-state index contributed by atoms with van der Waals surface area (Å²) in [5.41, 5.74) is 1.18. The topological polar surface area (TPSA) is 78.5 Å². The molecule has 0 aliphatic rings. The third-order valence-electron chi connectivity index (χ3n) is 2.91. The monoisotopic (exact) mass is 274 g/mol. The van der Waals surface area contributed by atoms with Gasteiger partial charge in [0.1, 0.15) is 5.75 Å². The zero-order chi connectivity index (χ0) is 14.4. The second-order valence-electron chi connectivity index (χ2n) is 4.21. The van der Waals surface area contributed by atoms with Crippen molar-refractivity contribution < 1.29 is 14.6 Å². The van der Waals surface area contributed by atoms with Crippen LogP contribution in [-0.4, -0.2) is 18.6 Å². The van der Waals surface area contributed by atoms with E-state index in [1.807, 2.05) is 24.3 Å². The van der Waals surface area contributed by atoms with Crippen LogP contribution in [0.4, 0.5) is 11.5 Å². The minimum atomic E-state index is -0.411. The first-order chi connectivity index (χ1) is 9.70. The zero-order valence-electron chi connectivity index (χ0n) is 11.1. The van der Waals surface area contributed by atoms with Crippen molar-refractivity contribution in [1.82, 2.24) is 0 Å². The summed E-state index contributed by atoms with van der Waals surface area (Å²) in [7, 11) is 1.63. The number of methoxy groups -OCH3 is 1. The van der Waals surface area contributed by atoms with Gasteiger partial charge >= 0.3 is 11.5 Å². The maximum absolute atomic E-state index is 10.9. The summed E-state index contributed by atoms with van der Waals surface area (Å²) in [6.45, 7) is 0.605. The lowest BCUT2D eigenvalue weighted by Gasteiger charge is -2.03. The minimum Gasteiger partial charge on any atom is -0.497 e. The van der Waals surface area contributed by atoms with E-state index in [1.54, 1.807) is 19.4 Å². The van der Waals surface area contributed by atoms with Crippen LogP contribution in [0.25, 0.3) is 0 Å². The number of rotatable bonds is 6. The third kappa shape index (κ3) is 3.44. The van der Waals surface area contributed by atoms with E-state index >= 15 is 0 Å². The molecule has 0 radical (unpaired) electrons. The average molecular weight is 274 g/mol. The molecule has 0 aliphatic heterocycles. The average Bonchev–Trinajstić information content (AvgIpc) is 2.48. The highest BCUT2D eigenvalue weighted by atomic mass is 16.6. The second-order valence-corrected chi connectivity index (χ2v) is 4.21. The van der Waals surface area contributed by atoms with Crippen molar-refractivity contribution in [3.8, 4) is 5.75 Å². The molecule has 0 atom stereocenters. The molecule has 1 heterocycles. The quantitative estimate of drug-likeness (QED) is 0.646. The molecule has 6 nitrogen and oxygen atoms in total. The fraction of sp³-hybridized carbons (Fsp3) is 0.214. The van der Waals surface area contributed by atoms with Crippen LogP contribution in [0.2, 0.25) is 0 Å². The summed E-state index contributed by atoms with van der Waals surface area (Å²) in [5, 5.41) is 13.9. The summed E-state index contributed by atoms with van der Waals surface area (Å²) < 4.78 is 5.09. The smallest absolute Gasteiger partial charge is 0.357 e. The number of nitrogens with one attached hydrogen (secondary N) is 2. The standard InChI is InChI=1S/C14H15N3O3/c1-20-12-6-4-11(5-7-12)8-10-16-14-13(17(18)19)3-2-9-15-14/h2-7,9H,8,10H2,1H3,(H,15,16)/p+1. The van der Waals surface area contributed by atoms with E-state index in [1.165, 1.54) is 6.07 Å². The Bertz CT molecular complexity index is 584. The van der Waals surface area contributed by atoms with Crippen LogP contribution in [0.3, 0.4) is 0 Å². The van der Waals surface area contributed by atoms with E-state index in [2.05, 4.69) is 10.3 Å². The number of ether oxygens (including phenoxy) is 1. The van der Waals surface area contributed by atoms with Crippen molar-refractivity contribution in [3.05, 3.63) is 58.3 Å². The maximum atomic E-state index is 10.9. The summed E-state index contributed by atoms with van der Waals surface area (Å²) in [5.74, 6) is 1.24. The van der Waals surface area contributed by atoms with Crippen LogP contribution >= 0.6 is 0 Å². The molecule has 0 bridgehead atoms. The van der Waals surface area contributed by atoms with Crippen LogP contribution < -0.4 is 15.0 Å². The van der Waals surface area contributed by atoms with E-state index in [0.29, 0.717) is 12.4 Å². The molecule has 1 aromatic heterocycles. The van der Waals surface area contributed by atoms with E-state index < -0.39 is 4.92 Å². The van der Waals surface area contributed by atoms with Crippen LogP contribution in [0.5, 0.6) is 5.75 Å². The van der Waals surface area contributed by atoms with Crippen LogP contribution in [-0.2, 0) is 6.42 Å². The first-order valence-electron chi connectivity index (χ1n) is 6.22. The van der Waals surface area contributed by atoms with E-state index in [9.17, 15) is 10.1 Å². The highest BCUT2D eigenvalue weighted by molar-refractivity contribution is 5.50. The zero-order valence-corrected chi connectivity index (χ0v) is 11.1. The molecule has 1 aromatic carbocycles. The first-order valence-corrected chi connectivity index (χ1v) is 6.22. The molecule has 0 aliphatic carbocycles. The Morgan fingerprint density at radius 3 is 2.70 bits per heavy atom. The molecule has 2 N–H and O–H groups in total. The molecule has 0 spiro atoms. The van der Waals surface area contributed by atoms with Gasteiger partial charge in [-0.2, -0.15) is 0 Å². The van der Waals surface area contributed by atoms with Gasteiger partial charge in [0.05, 0.1) is 24.8 Å². The van der Waals surface area contributed by atoms with Gasteiger partial charge in [0, 0.05) is 12.5 Å². The number of aromatic amines is 1. The molecule has 2 aromatic rings. The molecule has 6 heteroatoms. The Kier molecular flexibility index (Phi) is 4.49. The van der Waals surface area contributed by atoms with Crippen molar-refractivity contribution in [2.75, 3.05) is 19.0 Å². The minimum absolute atomic E-state index is 0.0437. The Morgan fingerprint density at radius 2 is 2.05 bits per heavy atom. The number of aromatic nitrogens is 1. The number of nitrogens with zero attached hydrogens (tertiary/aromatic N) is 1. The number of hydrogen-bond acceptors (Lipinski definition) is 4. The number of benzene rings is 1. The lowest BCUT2D eigenvalue weighted by molar-refractivity contribution is -0.409. The Morgan fingerprint density at radius 1 is 1.30 bits per heavy atom. The van der Waals surface area contributed by atoms with Gasteiger partial charge < -0.3 is 4.74 Å². The van der Waals surface area contributed by atoms with Crippen LogP contribution in [0.15, 0.2) is 42.6 Å². The van der Waals surface area contributed by atoms with E-state index in [0.717, 1.165) is 17.7 Å². The second kappa shape index (κ2) is 6.51. The summed E-state index contributed by atoms with van der Waals surface area (Å²) >= 11 is 0. The normalized spacial score (nSPS) is 10.1. The number of anilines is 1. The van der Waals surface area contributed by atoms with Gasteiger partial charge in [-0.3, -0.25) is 15.4 Å². The lowest BCUT2D eigenvalue weighted by atomic mass is 10.1. The number of hydrogen-bond donors (Lipinski definition) is 1. The van der Waals surface area contributed by atoms with Gasteiger partial charge in [0.2, 0.25) is 0 Å². The molecular formula is C14H16N3O3+. The SMILES string of the molecule is COc1ccc(CCNc2[nH+]cccc2[N+](=O)[O-])cc1. The van der Waals surface area contributed by atoms with Gasteiger partial charge in [-0.15, -0.1) is 0 Å². The molecular weight excluding hydrogens is 258 g/mol. The van der Waals surface area contributed by atoms with E-state index in [-0.39, 0.29) is 5.69 Å². The molecule has 0 saturated heterocycles. The summed E-state index contributed by atoms with van der Waals surface area (Å²) in [4.78, 5) is 13.3. The molecule has 20 heavy (non-hydrogen) atoms. The fourth-order valence-corrected chi connectivity index (χ4v) is 1.85. The maximum Gasteiger partial charge on any atom is 0.357 e. The van der Waals surface area contributed by atoms with Crippen molar-refractivity contribution in [1.29, 1.82) is 0 Å². The van der Waals surface area contributed by atoms with Gasteiger partial charge in [-0.25, -0.2) is 4.98 Å². The number of nitro groups is 1. The Hall–Kier alpha value is -2.63. The van der Waals surface area contributed by atoms with Gasteiger partial charge in [-0.05, 0) is 23.8 Å². The van der Waals surface area contributed by atoms with Crippen molar-refractivity contribution in [2.24, 2.45) is 0 Å². The third-order valence-corrected chi connectivity index (χ3v) is 2.91. The highest BCUT2D eigenvalue weighted by Crippen LogP contribution is 2.17. The van der Waals surface area contributed by atoms with Crippen LogP contribution in [0, 0.1) is 10.1 Å². The molecule has 104 valence electrons. The molecule has 0 unspecified atom stereocenters. The summed E-state index contributed by atoms with van der Waals surface area (Å²) in [6.07, 6.45) is 2.42. The van der Waals surface area contributed by atoms with Crippen LogP contribution in [0.1, 0.15) is 5.56 Å². The molecule has 0 saturated carbocycles. The van der Waals surface area contributed by atoms with Gasteiger partial charge in [0.15, 0.2) is 0 Å². The molecule has 2 rings (SSSR count). The fourth-order valence-electron chi connectivity index (χ4n) is 1.85. The highest BCUT2D eigenvalue weighted by Gasteiger charge is 2.18. The summed E-state index contributed by atoms with van der Waals surface area (Å²) in [6, 6.07) is 10.8.